The van der Waals surface area contributed by atoms with Gasteiger partial charge < -0.3 is 9.88 Å². The first-order chi connectivity index (χ1) is 22.3. The van der Waals surface area contributed by atoms with Crippen LogP contribution in [0.25, 0.3) is 38.6 Å². The summed E-state index contributed by atoms with van der Waals surface area (Å²) in [6.45, 7) is 0. The summed E-state index contributed by atoms with van der Waals surface area (Å²) in [5, 5.41) is 6.19. The summed E-state index contributed by atoms with van der Waals surface area (Å²) in [7, 11) is 0. The molecule has 0 spiro atoms. The molecule has 9 rings (SSSR count). The first kappa shape index (κ1) is 25.6. The molecular formula is C43H30N2. The van der Waals surface area contributed by atoms with Crippen molar-refractivity contribution in [3.8, 4) is 16.8 Å². The van der Waals surface area contributed by atoms with E-state index in [1.807, 2.05) is 0 Å². The second kappa shape index (κ2) is 10.1. The minimum atomic E-state index is -0.384. The Morgan fingerprint density at radius 1 is 0.400 bits per heavy atom. The monoisotopic (exact) mass is 574 g/mol. The van der Waals surface area contributed by atoms with Crippen molar-refractivity contribution in [2.45, 2.75) is 5.41 Å². The van der Waals surface area contributed by atoms with Crippen molar-refractivity contribution in [1.29, 1.82) is 0 Å². The molecular weight excluding hydrogens is 544 g/mol. The van der Waals surface area contributed by atoms with E-state index < -0.39 is 0 Å². The van der Waals surface area contributed by atoms with Gasteiger partial charge in [0.15, 0.2) is 0 Å². The van der Waals surface area contributed by atoms with Gasteiger partial charge in [-0.25, -0.2) is 0 Å². The van der Waals surface area contributed by atoms with Crippen molar-refractivity contribution in [2.24, 2.45) is 0 Å². The van der Waals surface area contributed by atoms with Crippen LogP contribution in [-0.2, 0) is 5.41 Å². The lowest BCUT2D eigenvalue weighted by atomic mass is 9.68. The molecule has 0 aliphatic heterocycles. The number of nitrogens with one attached hydrogen (secondary N) is 1. The molecule has 1 heterocycles. The van der Waals surface area contributed by atoms with Crippen molar-refractivity contribution in [1.82, 2.24) is 4.57 Å². The lowest BCUT2D eigenvalue weighted by molar-refractivity contribution is 0.768. The third kappa shape index (κ3) is 3.82. The molecule has 0 fully saturated rings. The standard InChI is InChI=1S/C43H30N2/c1-3-13-30(14-4-1)43(39-20-10-7-17-35(39)36-18-8-11-21-40(36)43)31-23-25-32(26-24-31)44-33-27-28-42-38(29-33)37-19-9-12-22-41(37)45(42)34-15-5-2-6-16-34/h1-29,44H. The molecule has 2 heteroatoms. The van der Waals surface area contributed by atoms with E-state index in [1.54, 1.807) is 0 Å². The quantitative estimate of drug-likeness (QED) is 0.216. The van der Waals surface area contributed by atoms with Crippen molar-refractivity contribution < 1.29 is 0 Å². The summed E-state index contributed by atoms with van der Waals surface area (Å²) in [5.41, 5.74) is 13.2. The predicted molar refractivity (Wildman–Crippen MR) is 188 cm³/mol. The van der Waals surface area contributed by atoms with Crippen molar-refractivity contribution >= 4 is 33.2 Å². The second-order valence-corrected chi connectivity index (χ2v) is 11.8. The Hall–Kier alpha value is -5.86. The average molecular weight is 575 g/mol. The van der Waals surface area contributed by atoms with Crippen LogP contribution >= 0.6 is 0 Å². The van der Waals surface area contributed by atoms with Gasteiger partial charge in [-0.3, -0.25) is 0 Å². The van der Waals surface area contributed by atoms with Crippen molar-refractivity contribution in [3.05, 3.63) is 198 Å². The van der Waals surface area contributed by atoms with Gasteiger partial charge in [-0.05, 0) is 81.9 Å². The van der Waals surface area contributed by atoms with Crippen molar-refractivity contribution in [2.75, 3.05) is 5.32 Å². The number of rotatable bonds is 5. The van der Waals surface area contributed by atoms with Crippen LogP contribution in [0.3, 0.4) is 0 Å². The summed E-state index contributed by atoms with van der Waals surface area (Å²) in [5.74, 6) is 0. The summed E-state index contributed by atoms with van der Waals surface area (Å²) in [6, 6.07) is 63.7. The zero-order chi connectivity index (χ0) is 29.8. The van der Waals surface area contributed by atoms with Gasteiger partial charge >= 0.3 is 0 Å². The number of fused-ring (bicyclic) bond motifs is 6. The Balaban J connectivity index is 1.14. The summed E-state index contributed by atoms with van der Waals surface area (Å²) >= 11 is 0. The second-order valence-electron chi connectivity index (χ2n) is 11.8. The Labute approximate surface area is 262 Å². The van der Waals surface area contributed by atoms with E-state index in [9.17, 15) is 0 Å². The first-order valence-corrected chi connectivity index (χ1v) is 15.5. The van der Waals surface area contributed by atoms with Gasteiger partial charge in [-0.1, -0.05) is 127 Å². The van der Waals surface area contributed by atoms with Crippen LogP contribution in [0.2, 0.25) is 0 Å². The summed E-state index contributed by atoms with van der Waals surface area (Å²) in [6.07, 6.45) is 0. The van der Waals surface area contributed by atoms with E-state index >= 15 is 0 Å². The smallest absolute Gasteiger partial charge is 0.0713 e. The number of anilines is 2. The summed E-state index contributed by atoms with van der Waals surface area (Å²) in [4.78, 5) is 0. The maximum atomic E-state index is 3.71. The topological polar surface area (TPSA) is 17.0 Å². The third-order valence-electron chi connectivity index (χ3n) is 9.45. The molecule has 0 saturated carbocycles. The molecule has 7 aromatic carbocycles. The number of hydrogen-bond donors (Lipinski definition) is 1. The largest absolute Gasteiger partial charge is 0.356 e. The Bertz CT molecular complexity index is 2290. The molecule has 2 nitrogen and oxygen atoms in total. The lowest BCUT2D eigenvalue weighted by Gasteiger charge is -2.34. The Kier molecular flexibility index (Phi) is 5.76. The van der Waals surface area contributed by atoms with Gasteiger partial charge in [0.1, 0.15) is 0 Å². The van der Waals surface area contributed by atoms with Crippen LogP contribution in [0.1, 0.15) is 22.3 Å². The number of hydrogen-bond acceptors (Lipinski definition) is 1. The van der Waals surface area contributed by atoms with Gasteiger partial charge in [0.2, 0.25) is 0 Å². The van der Waals surface area contributed by atoms with E-state index in [1.165, 1.54) is 60.9 Å². The lowest BCUT2D eigenvalue weighted by Crippen LogP contribution is -2.28. The maximum absolute atomic E-state index is 3.71. The number of para-hydroxylation sites is 2. The molecule has 1 aliphatic rings. The fourth-order valence-electron chi connectivity index (χ4n) is 7.59. The van der Waals surface area contributed by atoms with Crippen LogP contribution in [-0.4, -0.2) is 4.57 Å². The molecule has 0 amide bonds. The molecule has 0 atom stereocenters. The highest BCUT2D eigenvalue weighted by molar-refractivity contribution is 6.10. The molecule has 0 unspecified atom stereocenters. The zero-order valence-electron chi connectivity index (χ0n) is 24.7. The maximum Gasteiger partial charge on any atom is 0.0713 e. The minimum Gasteiger partial charge on any atom is -0.356 e. The van der Waals surface area contributed by atoms with E-state index in [-0.39, 0.29) is 5.41 Å². The first-order valence-electron chi connectivity index (χ1n) is 15.5. The third-order valence-corrected chi connectivity index (χ3v) is 9.45. The molecule has 45 heavy (non-hydrogen) atoms. The van der Waals surface area contributed by atoms with Crippen LogP contribution in [0.5, 0.6) is 0 Å². The highest BCUT2D eigenvalue weighted by atomic mass is 15.0. The predicted octanol–water partition coefficient (Wildman–Crippen LogP) is 10.9. The molecule has 1 N–H and O–H groups in total. The molecule has 0 radical (unpaired) electrons. The van der Waals surface area contributed by atoms with Crippen LogP contribution < -0.4 is 5.32 Å². The average Bonchev–Trinajstić information content (AvgIpc) is 3.60. The fourth-order valence-corrected chi connectivity index (χ4v) is 7.59. The molecule has 1 aromatic heterocycles. The van der Waals surface area contributed by atoms with Crippen LogP contribution in [0.15, 0.2) is 176 Å². The van der Waals surface area contributed by atoms with E-state index in [0.29, 0.717) is 0 Å². The van der Waals surface area contributed by atoms with Crippen molar-refractivity contribution in [3.63, 3.8) is 0 Å². The normalized spacial score (nSPS) is 13.1. The molecule has 1 aliphatic carbocycles. The highest BCUT2D eigenvalue weighted by Crippen LogP contribution is 2.56. The number of aromatic nitrogens is 1. The van der Waals surface area contributed by atoms with Gasteiger partial charge in [0.25, 0.3) is 0 Å². The summed E-state index contributed by atoms with van der Waals surface area (Å²) < 4.78 is 2.35. The molecule has 212 valence electrons. The fraction of sp³-hybridized carbons (Fsp3) is 0.0233. The number of benzene rings is 7. The minimum absolute atomic E-state index is 0.384. The zero-order valence-corrected chi connectivity index (χ0v) is 24.7. The molecule has 8 aromatic rings. The van der Waals surface area contributed by atoms with Gasteiger partial charge in [0.05, 0.1) is 16.4 Å². The van der Waals surface area contributed by atoms with Gasteiger partial charge in [0, 0.05) is 27.8 Å². The van der Waals surface area contributed by atoms with Gasteiger partial charge in [-0.15, -0.1) is 0 Å². The van der Waals surface area contributed by atoms with E-state index in [2.05, 4.69) is 186 Å². The Morgan fingerprint density at radius 2 is 0.933 bits per heavy atom. The Morgan fingerprint density at radius 3 is 1.64 bits per heavy atom. The SMILES string of the molecule is c1ccc(-n2c3ccccc3c3cc(Nc4ccc(C5(c6ccccc6)c6ccccc6-c6ccccc65)cc4)ccc32)cc1. The highest BCUT2D eigenvalue weighted by Gasteiger charge is 2.45. The molecule has 0 bridgehead atoms. The van der Waals surface area contributed by atoms with E-state index in [0.717, 1.165) is 11.4 Å². The van der Waals surface area contributed by atoms with E-state index in [4.69, 9.17) is 0 Å². The number of nitrogens with zero attached hydrogens (tertiary/aromatic N) is 1. The van der Waals surface area contributed by atoms with Crippen LogP contribution in [0.4, 0.5) is 11.4 Å². The molecule has 0 saturated heterocycles. The van der Waals surface area contributed by atoms with Crippen LogP contribution in [0, 0.1) is 0 Å². The van der Waals surface area contributed by atoms with Gasteiger partial charge in [-0.2, -0.15) is 0 Å².